The molecule has 2 aromatic rings. The summed E-state index contributed by atoms with van der Waals surface area (Å²) in [7, 11) is 0. The van der Waals surface area contributed by atoms with Crippen LogP contribution in [0.15, 0.2) is 35.5 Å². The Morgan fingerprint density at radius 2 is 1.84 bits per heavy atom. The predicted octanol–water partition coefficient (Wildman–Crippen LogP) is 3.96. The lowest BCUT2D eigenvalue weighted by Crippen LogP contribution is -2.39. The number of carbonyl (C=O) groups is 1. The molecule has 4 heterocycles. The first kappa shape index (κ1) is 25.0. The zero-order valence-electron chi connectivity index (χ0n) is 21.8. The minimum Gasteiger partial charge on any atom is -0.460 e. The summed E-state index contributed by atoms with van der Waals surface area (Å²) in [5.41, 5.74) is 3.26. The van der Waals surface area contributed by atoms with Crippen molar-refractivity contribution in [2.24, 2.45) is 0 Å². The lowest BCUT2D eigenvalue weighted by Gasteiger charge is -2.37. The number of fused-ring (bicyclic) bond motifs is 1. The molecule has 9 nitrogen and oxygen atoms in total. The highest BCUT2D eigenvalue weighted by molar-refractivity contribution is 5.95. The van der Waals surface area contributed by atoms with Crippen LogP contribution in [-0.4, -0.2) is 61.4 Å². The number of aromatic nitrogens is 2. The number of benzene rings is 1. The molecule has 2 fully saturated rings. The molecule has 0 aliphatic carbocycles. The highest BCUT2D eigenvalue weighted by Gasteiger charge is 2.39. The van der Waals surface area contributed by atoms with Gasteiger partial charge in [0.15, 0.2) is 0 Å². The maximum absolute atomic E-state index is 13.5. The lowest BCUT2D eigenvalue weighted by atomic mass is 9.79. The molecule has 194 valence electrons. The maximum atomic E-state index is 13.5. The van der Waals surface area contributed by atoms with E-state index in [1.54, 1.807) is 6.07 Å². The molecule has 9 heteroatoms. The zero-order valence-corrected chi connectivity index (χ0v) is 21.8. The van der Waals surface area contributed by atoms with Crippen LogP contribution in [0.25, 0.3) is 0 Å². The molecule has 2 saturated heterocycles. The topological polar surface area (TPSA) is 104 Å². The van der Waals surface area contributed by atoms with Gasteiger partial charge in [-0.1, -0.05) is 18.2 Å². The number of hydrogen-bond donors (Lipinski definition) is 1. The molecule has 0 spiro atoms. The molecule has 3 aliphatic rings. The summed E-state index contributed by atoms with van der Waals surface area (Å²) in [5, 5.41) is 13.4. The van der Waals surface area contributed by atoms with E-state index in [9.17, 15) is 10.1 Å². The first-order valence-electron chi connectivity index (χ1n) is 13.1. The van der Waals surface area contributed by atoms with Crippen LogP contribution in [0.2, 0.25) is 0 Å². The van der Waals surface area contributed by atoms with Gasteiger partial charge in [0.2, 0.25) is 5.95 Å². The van der Waals surface area contributed by atoms with Gasteiger partial charge in [0.25, 0.3) is 0 Å². The number of esters is 1. The van der Waals surface area contributed by atoms with E-state index >= 15 is 0 Å². The third-order valence-electron chi connectivity index (χ3n) is 7.11. The van der Waals surface area contributed by atoms with E-state index in [2.05, 4.69) is 21.2 Å². The number of allylic oxidation sites excluding steroid dienone is 1. The van der Waals surface area contributed by atoms with E-state index in [1.807, 2.05) is 39.0 Å². The van der Waals surface area contributed by atoms with E-state index in [0.717, 1.165) is 56.0 Å². The molecule has 1 aromatic carbocycles. The number of nitrogens with one attached hydrogen (secondary N) is 1. The largest absolute Gasteiger partial charge is 0.460 e. The van der Waals surface area contributed by atoms with Gasteiger partial charge in [-0.2, -0.15) is 15.2 Å². The Bertz CT molecular complexity index is 1240. The quantitative estimate of drug-likeness (QED) is 0.609. The third-order valence-corrected chi connectivity index (χ3v) is 7.11. The maximum Gasteiger partial charge on any atom is 0.337 e. The first-order valence-corrected chi connectivity index (χ1v) is 13.1. The number of anilines is 3. The second kappa shape index (κ2) is 10.8. The molecule has 0 saturated carbocycles. The summed E-state index contributed by atoms with van der Waals surface area (Å²) in [6, 6.07) is 9.79. The van der Waals surface area contributed by atoms with E-state index in [4.69, 9.17) is 19.4 Å². The van der Waals surface area contributed by atoms with E-state index in [0.29, 0.717) is 41.8 Å². The van der Waals surface area contributed by atoms with E-state index in [-0.39, 0.29) is 6.10 Å². The molecule has 1 N–H and O–H groups in total. The molecule has 1 atom stereocenters. The summed E-state index contributed by atoms with van der Waals surface area (Å²) in [6.45, 7) is 10.0. The number of nitrogens with zero attached hydrogens (tertiary/aromatic N) is 5. The predicted molar refractivity (Wildman–Crippen MR) is 142 cm³/mol. The molecular weight excluding hydrogens is 468 g/mol. The van der Waals surface area contributed by atoms with Crippen LogP contribution in [0, 0.1) is 11.3 Å². The van der Waals surface area contributed by atoms with Crippen molar-refractivity contribution in [1.82, 2.24) is 9.97 Å². The molecular formula is C28H34N6O3. The van der Waals surface area contributed by atoms with Crippen LogP contribution in [0.4, 0.5) is 17.6 Å². The number of ether oxygens (including phenoxy) is 2. The van der Waals surface area contributed by atoms with Gasteiger partial charge in [0.1, 0.15) is 11.6 Å². The number of morpholine rings is 1. The van der Waals surface area contributed by atoms with Crippen molar-refractivity contribution >= 4 is 23.6 Å². The molecule has 0 radical (unpaired) electrons. The SMILES string of the molecule is CC1=C(C(=O)OC(C)C)C(c2ccccc2C#N)c2c(nc(N3CCOCC3)nc2N2CCCCC2)N1. The van der Waals surface area contributed by atoms with Crippen LogP contribution in [0.1, 0.15) is 62.6 Å². The Balaban J connectivity index is 1.74. The van der Waals surface area contributed by atoms with Crippen LogP contribution < -0.4 is 15.1 Å². The van der Waals surface area contributed by atoms with Gasteiger partial charge < -0.3 is 24.6 Å². The average molecular weight is 503 g/mol. The van der Waals surface area contributed by atoms with Crippen LogP contribution >= 0.6 is 0 Å². The van der Waals surface area contributed by atoms with Gasteiger partial charge in [-0.3, -0.25) is 0 Å². The molecule has 1 unspecified atom stereocenters. The number of carbonyl (C=O) groups excluding carboxylic acids is 1. The fourth-order valence-electron chi connectivity index (χ4n) is 5.37. The zero-order chi connectivity index (χ0) is 25.9. The van der Waals surface area contributed by atoms with Crippen LogP contribution in [-0.2, 0) is 14.3 Å². The van der Waals surface area contributed by atoms with Gasteiger partial charge in [0, 0.05) is 37.4 Å². The fourth-order valence-corrected chi connectivity index (χ4v) is 5.37. The van der Waals surface area contributed by atoms with Crippen molar-refractivity contribution in [1.29, 1.82) is 5.26 Å². The van der Waals surface area contributed by atoms with Gasteiger partial charge in [-0.15, -0.1) is 0 Å². The van der Waals surface area contributed by atoms with Crippen molar-refractivity contribution in [2.45, 2.75) is 52.1 Å². The monoisotopic (exact) mass is 502 g/mol. The average Bonchev–Trinajstić information content (AvgIpc) is 2.92. The molecule has 37 heavy (non-hydrogen) atoms. The summed E-state index contributed by atoms with van der Waals surface area (Å²) >= 11 is 0. The van der Waals surface area contributed by atoms with Crippen molar-refractivity contribution in [2.75, 3.05) is 54.5 Å². The van der Waals surface area contributed by atoms with E-state index < -0.39 is 11.9 Å². The highest BCUT2D eigenvalue weighted by Crippen LogP contribution is 2.47. The summed E-state index contributed by atoms with van der Waals surface area (Å²) in [6.07, 6.45) is 3.07. The van der Waals surface area contributed by atoms with Gasteiger partial charge >= 0.3 is 5.97 Å². The summed E-state index contributed by atoms with van der Waals surface area (Å²) < 4.78 is 11.3. The second-order valence-electron chi connectivity index (χ2n) is 10.0. The number of piperidine rings is 1. The molecule has 0 bridgehead atoms. The number of rotatable bonds is 5. The standard InChI is InChI=1S/C28H34N6O3/c1-18(2)37-27(35)22-19(3)30-25-24(23(22)21-10-6-5-9-20(21)17-29)26(33-11-7-4-8-12-33)32-28(31-25)34-13-15-36-16-14-34/h5-6,9-10,18,23H,4,7-8,11-16H2,1-3H3,(H,30,31,32). The Kier molecular flexibility index (Phi) is 7.28. The lowest BCUT2D eigenvalue weighted by molar-refractivity contribution is -0.143. The normalized spacial score (nSPS) is 19.8. The Morgan fingerprint density at radius 3 is 2.54 bits per heavy atom. The van der Waals surface area contributed by atoms with Crippen molar-refractivity contribution < 1.29 is 14.3 Å². The summed E-state index contributed by atoms with van der Waals surface area (Å²) in [4.78, 5) is 28.1. The van der Waals surface area contributed by atoms with Gasteiger partial charge in [-0.25, -0.2) is 4.79 Å². The molecule has 0 amide bonds. The second-order valence-corrected chi connectivity index (χ2v) is 10.0. The summed E-state index contributed by atoms with van der Waals surface area (Å²) in [5.74, 6) is 1.22. The highest BCUT2D eigenvalue weighted by atomic mass is 16.5. The Hall–Kier alpha value is -3.64. The first-order chi connectivity index (χ1) is 18.0. The van der Waals surface area contributed by atoms with Crippen LogP contribution in [0.5, 0.6) is 0 Å². The third kappa shape index (κ3) is 4.98. The van der Waals surface area contributed by atoms with Gasteiger partial charge in [-0.05, 0) is 51.7 Å². The van der Waals surface area contributed by atoms with Crippen molar-refractivity contribution in [3.05, 3.63) is 52.2 Å². The number of nitriles is 1. The van der Waals surface area contributed by atoms with Crippen LogP contribution in [0.3, 0.4) is 0 Å². The Labute approximate surface area is 218 Å². The minimum atomic E-state index is -0.533. The molecule has 3 aliphatic heterocycles. The van der Waals surface area contributed by atoms with E-state index in [1.165, 1.54) is 6.42 Å². The fraction of sp³-hybridized carbons (Fsp3) is 0.500. The Morgan fingerprint density at radius 1 is 1.11 bits per heavy atom. The molecule has 1 aromatic heterocycles. The van der Waals surface area contributed by atoms with Crippen molar-refractivity contribution in [3.63, 3.8) is 0 Å². The smallest absolute Gasteiger partial charge is 0.337 e. The molecule has 5 rings (SSSR count). The minimum absolute atomic E-state index is 0.275. The van der Waals surface area contributed by atoms with Crippen molar-refractivity contribution in [3.8, 4) is 6.07 Å². The number of hydrogen-bond acceptors (Lipinski definition) is 9. The van der Waals surface area contributed by atoms with Gasteiger partial charge in [0.05, 0.1) is 42.4 Å².